The number of aliphatic hydroxyl groups excluding tert-OH is 2. The molecule has 0 bridgehead atoms. The lowest BCUT2D eigenvalue weighted by Crippen LogP contribution is -2.59. The lowest BCUT2D eigenvalue weighted by atomic mass is 9.41. The molecule has 0 spiro atoms. The van der Waals surface area contributed by atoms with Crippen molar-refractivity contribution in [2.75, 3.05) is 24.6 Å². The number of hydrogen-bond donors (Lipinski definition) is 6. The van der Waals surface area contributed by atoms with Crippen molar-refractivity contribution in [1.29, 1.82) is 0 Å². The van der Waals surface area contributed by atoms with E-state index in [4.69, 9.17) is 9.11 Å². The average molecular weight is 965 g/mol. The highest BCUT2D eigenvalue weighted by Crippen LogP contribution is 2.72. The molecule has 8 fully saturated rings. The minimum Gasteiger partial charge on any atom is -0.393 e. The molecule has 8 rings (SSSR count). The van der Waals surface area contributed by atoms with Gasteiger partial charge in [-0.15, -0.1) is 0 Å². The first kappa shape index (κ1) is 51.0. The van der Waals surface area contributed by atoms with E-state index in [1.165, 1.54) is 64.2 Å². The van der Waals surface area contributed by atoms with Gasteiger partial charge in [0.1, 0.15) is 0 Å². The summed E-state index contributed by atoms with van der Waals surface area (Å²) < 4.78 is 62.4. The summed E-state index contributed by atoms with van der Waals surface area (Å²) in [5.41, 5.74) is 0.809. The van der Waals surface area contributed by atoms with Gasteiger partial charge >= 0.3 is 0 Å². The molecule has 378 valence electrons. The molecule has 0 heterocycles. The molecule has 0 aromatic heterocycles. The number of nitrogens with one attached hydrogen (secondary N) is 2. The molecule has 8 aliphatic carbocycles. The number of amides is 2. The fourth-order valence-electron chi connectivity index (χ4n) is 19.3. The molecule has 8 saturated carbocycles. The number of fused-ring (bicyclic) bond motifs is 10. The minimum absolute atomic E-state index is 0.0751. The summed E-state index contributed by atoms with van der Waals surface area (Å²) in [6.07, 6.45) is 20.4. The molecule has 2 amide bonds. The van der Waals surface area contributed by atoms with Crippen LogP contribution in [0.3, 0.4) is 0 Å². The van der Waals surface area contributed by atoms with E-state index >= 15 is 0 Å². The van der Waals surface area contributed by atoms with Crippen LogP contribution in [0.4, 0.5) is 0 Å². The molecule has 0 aliphatic heterocycles. The number of carbonyl (C=O) groups is 2. The zero-order valence-corrected chi connectivity index (χ0v) is 42.9. The molecule has 20 atom stereocenters. The van der Waals surface area contributed by atoms with Crippen molar-refractivity contribution in [3.8, 4) is 0 Å². The van der Waals surface area contributed by atoms with Gasteiger partial charge in [-0.3, -0.25) is 18.7 Å². The molecule has 6 N–H and O–H groups in total. The SMILES string of the molecule is C[C@H](CCC(=O)NCCS(=O)(=O)O)[C@H]1CC[C@H]2[C@@H]3[C@@H](O)CC4CC(C5CC[C@@]6(C)C(C5)C[C@H](O)[C@H]5[C@@H]7CC[C@H]([C@H](C)CCC(=O)NCCS(=O)(=O)O)[C@@]7(C)CC[C@@H]56)CC[C@]4(C)[C@H]3CC[C@]12C. The van der Waals surface area contributed by atoms with Crippen molar-refractivity contribution in [3.05, 3.63) is 0 Å². The topological polar surface area (TPSA) is 207 Å². The highest BCUT2D eigenvalue weighted by atomic mass is 32.2. The second-order valence-corrected chi connectivity index (χ2v) is 28.6. The van der Waals surface area contributed by atoms with E-state index in [0.717, 1.165) is 51.4 Å². The zero-order chi connectivity index (χ0) is 47.8. The molecule has 0 aromatic carbocycles. The first-order valence-electron chi connectivity index (χ1n) is 26.7. The van der Waals surface area contributed by atoms with Crippen LogP contribution in [0.5, 0.6) is 0 Å². The molecule has 66 heavy (non-hydrogen) atoms. The van der Waals surface area contributed by atoms with Crippen molar-refractivity contribution in [2.45, 2.75) is 182 Å². The number of hydrogen-bond acceptors (Lipinski definition) is 8. The van der Waals surface area contributed by atoms with Crippen LogP contribution in [-0.4, -0.2) is 84.8 Å². The van der Waals surface area contributed by atoms with E-state index < -0.39 is 31.7 Å². The maximum atomic E-state index is 12.6. The van der Waals surface area contributed by atoms with Crippen LogP contribution < -0.4 is 10.6 Å². The Balaban J connectivity index is 0.848. The Morgan fingerprint density at radius 3 is 1.24 bits per heavy atom. The highest BCUT2D eigenvalue weighted by Gasteiger charge is 2.65. The molecule has 0 aromatic rings. The van der Waals surface area contributed by atoms with Gasteiger partial charge in [-0.1, -0.05) is 41.5 Å². The molecule has 0 saturated heterocycles. The van der Waals surface area contributed by atoms with Gasteiger partial charge in [-0.2, -0.15) is 16.8 Å². The Labute approximate surface area is 398 Å². The predicted molar refractivity (Wildman–Crippen MR) is 256 cm³/mol. The monoisotopic (exact) mass is 965 g/mol. The van der Waals surface area contributed by atoms with Gasteiger partial charge in [-0.05, 0) is 220 Å². The first-order chi connectivity index (χ1) is 30.9. The first-order valence-corrected chi connectivity index (χ1v) is 29.9. The van der Waals surface area contributed by atoms with Crippen LogP contribution in [-0.2, 0) is 29.8 Å². The fraction of sp³-hybridized carbons (Fsp3) is 0.962. The Morgan fingerprint density at radius 2 is 0.879 bits per heavy atom. The van der Waals surface area contributed by atoms with Gasteiger partial charge in [0.25, 0.3) is 20.2 Å². The van der Waals surface area contributed by atoms with Crippen LogP contribution in [0, 0.1) is 105 Å². The van der Waals surface area contributed by atoms with E-state index in [1.807, 2.05) is 0 Å². The van der Waals surface area contributed by atoms with Gasteiger partial charge in [0, 0.05) is 25.9 Å². The largest absolute Gasteiger partial charge is 0.393 e. The van der Waals surface area contributed by atoms with Crippen LogP contribution in [0.25, 0.3) is 0 Å². The van der Waals surface area contributed by atoms with E-state index in [9.17, 15) is 36.6 Å². The molecule has 8 aliphatic rings. The molecule has 0 radical (unpaired) electrons. The summed E-state index contributed by atoms with van der Waals surface area (Å²) in [4.78, 5) is 25.1. The van der Waals surface area contributed by atoms with Gasteiger partial charge in [-0.25, -0.2) is 0 Å². The average Bonchev–Trinajstić information content (AvgIpc) is 3.78. The molecule has 14 heteroatoms. The Bertz CT molecular complexity index is 1860. The second kappa shape index (κ2) is 19.0. The van der Waals surface area contributed by atoms with E-state index in [1.54, 1.807) is 0 Å². The predicted octanol–water partition coefficient (Wildman–Crippen LogP) is 8.32. The summed E-state index contributed by atoms with van der Waals surface area (Å²) in [7, 11) is -8.21. The molecule has 4 unspecified atom stereocenters. The summed E-state index contributed by atoms with van der Waals surface area (Å²) in [6, 6.07) is 0. The zero-order valence-electron chi connectivity index (χ0n) is 41.3. The lowest BCUT2D eigenvalue weighted by molar-refractivity contribution is -0.183. The molecule has 12 nitrogen and oxygen atoms in total. The van der Waals surface area contributed by atoms with Crippen molar-refractivity contribution >= 4 is 32.1 Å². The highest BCUT2D eigenvalue weighted by molar-refractivity contribution is 7.86. The molecular weight excluding hydrogens is 877 g/mol. The van der Waals surface area contributed by atoms with E-state index in [-0.39, 0.29) is 58.8 Å². The Hall–Kier alpha value is -1.32. The Morgan fingerprint density at radius 1 is 0.530 bits per heavy atom. The summed E-state index contributed by atoms with van der Waals surface area (Å²) in [5.74, 6) is 5.70. The maximum absolute atomic E-state index is 12.6. The van der Waals surface area contributed by atoms with Gasteiger partial charge in [0.2, 0.25) is 11.8 Å². The Kier molecular flexibility index (Phi) is 14.7. The van der Waals surface area contributed by atoms with Crippen molar-refractivity contribution < 1.29 is 45.7 Å². The van der Waals surface area contributed by atoms with Crippen LogP contribution >= 0.6 is 0 Å². The quantitative estimate of drug-likeness (QED) is 0.0866. The standard InChI is InChI=1S/C52H88N2O10S2/c1-31(7-13-45(57)53-23-25-65(59,60)61)37-9-11-39-47-41(17-21-51(37,39)5)49(3)19-15-33(27-35(49)29-43(47)55)34-16-20-50(4)36(28-34)30-44(56)48-40-12-10-38(52(40,6)22-18-42(48)50)32(2)8-14-46(58)54-24-26-66(62,63)64/h31-44,47-48,55-56H,7-30H2,1-6H3,(H,53,57)(H,54,58)(H,59,60,61)(H,62,63,64)/t31-,32-,33?,34?,35?,36?,37-,38-,39+,40+,41+,42+,43+,44+,47+,48+,49+,50+,51-,52-/m1/s1. The second-order valence-electron chi connectivity index (χ2n) is 25.4. The van der Waals surface area contributed by atoms with Crippen LogP contribution in [0.2, 0.25) is 0 Å². The van der Waals surface area contributed by atoms with Crippen molar-refractivity contribution in [3.63, 3.8) is 0 Å². The third-order valence-corrected chi connectivity index (χ3v) is 24.1. The number of rotatable bonds is 15. The third-order valence-electron chi connectivity index (χ3n) is 22.7. The van der Waals surface area contributed by atoms with E-state index in [2.05, 4.69) is 52.2 Å². The summed E-state index contributed by atoms with van der Waals surface area (Å²) in [5, 5.41) is 29.8. The summed E-state index contributed by atoms with van der Waals surface area (Å²) >= 11 is 0. The number of carbonyl (C=O) groups excluding carboxylic acids is 2. The lowest BCUT2D eigenvalue weighted by Gasteiger charge is -2.64. The number of aliphatic hydroxyl groups is 2. The smallest absolute Gasteiger partial charge is 0.266 e. The maximum Gasteiger partial charge on any atom is 0.266 e. The normalized spacial score (nSPS) is 46.3. The van der Waals surface area contributed by atoms with Crippen molar-refractivity contribution in [1.82, 2.24) is 10.6 Å². The summed E-state index contributed by atoms with van der Waals surface area (Å²) in [6.45, 7) is 14.6. The van der Waals surface area contributed by atoms with Crippen LogP contribution in [0.1, 0.15) is 170 Å². The molecular formula is C52H88N2O10S2. The minimum atomic E-state index is -4.10. The van der Waals surface area contributed by atoms with Gasteiger partial charge in [0.15, 0.2) is 0 Å². The van der Waals surface area contributed by atoms with Gasteiger partial charge < -0.3 is 20.8 Å². The van der Waals surface area contributed by atoms with E-state index in [0.29, 0.717) is 95.7 Å². The third kappa shape index (κ3) is 9.71. The van der Waals surface area contributed by atoms with Crippen LogP contribution in [0.15, 0.2) is 0 Å². The van der Waals surface area contributed by atoms with Crippen molar-refractivity contribution in [2.24, 2.45) is 105 Å². The fourth-order valence-corrected chi connectivity index (χ4v) is 20.0. The van der Waals surface area contributed by atoms with Gasteiger partial charge in [0.05, 0.1) is 23.7 Å².